The van der Waals surface area contributed by atoms with Crippen molar-refractivity contribution < 1.29 is 0 Å². The molecule has 1 fully saturated rings. The molecule has 3 N–H and O–H groups in total. The van der Waals surface area contributed by atoms with Crippen LogP contribution in [0.5, 0.6) is 0 Å². The molecule has 0 spiro atoms. The predicted molar refractivity (Wildman–Crippen MR) is 83.1 cm³/mol. The van der Waals surface area contributed by atoms with Gasteiger partial charge in [-0.15, -0.1) is 0 Å². The summed E-state index contributed by atoms with van der Waals surface area (Å²) in [5.74, 6) is 1.61. The van der Waals surface area contributed by atoms with Gasteiger partial charge < -0.3 is 11.1 Å². The normalized spacial score (nSPS) is 20.8. The number of anilines is 2. The lowest BCUT2D eigenvalue weighted by Crippen LogP contribution is -2.08. The first-order valence-corrected chi connectivity index (χ1v) is 7.15. The van der Waals surface area contributed by atoms with Crippen LogP contribution in [0.3, 0.4) is 0 Å². The Morgan fingerprint density at radius 3 is 2.75 bits per heavy atom. The van der Waals surface area contributed by atoms with E-state index in [9.17, 15) is 0 Å². The Kier molecular flexibility index (Phi) is 3.44. The Morgan fingerprint density at radius 2 is 2.05 bits per heavy atom. The van der Waals surface area contributed by atoms with Crippen molar-refractivity contribution in [2.45, 2.75) is 19.4 Å². The number of hydrogen-bond acceptors (Lipinski definition) is 4. The molecule has 0 saturated heterocycles. The molecule has 0 aliphatic heterocycles. The number of nitrogens with zero attached hydrogens (tertiary/aromatic N) is 2. The molecule has 104 valence electrons. The van der Waals surface area contributed by atoms with Gasteiger partial charge >= 0.3 is 0 Å². The minimum Gasteiger partial charge on any atom is -0.368 e. The second kappa shape index (κ2) is 5.11. The topological polar surface area (TPSA) is 63.8 Å². The summed E-state index contributed by atoms with van der Waals surface area (Å²) in [4.78, 5) is 8.44. The van der Waals surface area contributed by atoms with Gasteiger partial charge in [-0.2, -0.15) is 4.98 Å². The Morgan fingerprint density at radius 1 is 1.30 bits per heavy atom. The molecule has 1 aliphatic rings. The van der Waals surface area contributed by atoms with Crippen molar-refractivity contribution in [2.75, 3.05) is 11.1 Å². The highest BCUT2D eigenvalue weighted by Crippen LogP contribution is 2.35. The van der Waals surface area contributed by atoms with Crippen LogP contribution in [0, 0.1) is 5.92 Å². The molecule has 1 aromatic heterocycles. The molecule has 1 aliphatic carbocycles. The van der Waals surface area contributed by atoms with Gasteiger partial charge in [-0.3, -0.25) is 0 Å². The maximum absolute atomic E-state index is 6.22. The Balaban J connectivity index is 1.98. The molecule has 1 heterocycles. The molecule has 1 aromatic carbocycles. The summed E-state index contributed by atoms with van der Waals surface area (Å²) in [6.07, 6.45) is 1.15. The quantitative estimate of drug-likeness (QED) is 0.904. The Hall–Kier alpha value is -1.52. The van der Waals surface area contributed by atoms with E-state index in [1.54, 1.807) is 6.07 Å². The lowest BCUT2D eigenvalue weighted by atomic mass is 10.1. The molecule has 2 aromatic rings. The average Bonchev–Trinajstić information content (AvgIpc) is 3.07. The van der Waals surface area contributed by atoms with E-state index in [2.05, 4.69) is 22.2 Å². The van der Waals surface area contributed by atoms with Gasteiger partial charge in [-0.1, -0.05) is 42.3 Å². The predicted octanol–water partition coefficient (Wildman–Crippen LogP) is 3.85. The fraction of sp³-hybridized carbons (Fsp3) is 0.286. The van der Waals surface area contributed by atoms with Crippen LogP contribution in [0.2, 0.25) is 10.0 Å². The third-order valence-corrected chi connectivity index (χ3v) is 4.23. The lowest BCUT2D eigenvalue weighted by Gasteiger charge is -2.09. The number of nitrogens with one attached hydrogen (secondary N) is 1. The van der Waals surface area contributed by atoms with Gasteiger partial charge in [0.25, 0.3) is 0 Å². The minimum atomic E-state index is 0.217. The summed E-state index contributed by atoms with van der Waals surface area (Å²) in [6, 6.07) is 7.74. The summed E-state index contributed by atoms with van der Waals surface area (Å²) >= 11 is 12.3. The van der Waals surface area contributed by atoms with Gasteiger partial charge in [0.1, 0.15) is 5.82 Å². The van der Waals surface area contributed by atoms with Crippen LogP contribution in [-0.4, -0.2) is 16.0 Å². The molecule has 4 nitrogen and oxygen atoms in total. The number of aromatic nitrogens is 2. The molecule has 20 heavy (non-hydrogen) atoms. The molecule has 3 rings (SSSR count). The summed E-state index contributed by atoms with van der Waals surface area (Å²) < 4.78 is 0. The lowest BCUT2D eigenvalue weighted by molar-refractivity contribution is 0.922. The van der Waals surface area contributed by atoms with Crippen molar-refractivity contribution in [3.05, 3.63) is 34.3 Å². The van der Waals surface area contributed by atoms with Crippen LogP contribution in [0.4, 0.5) is 11.8 Å². The van der Waals surface area contributed by atoms with Gasteiger partial charge in [0.2, 0.25) is 5.95 Å². The monoisotopic (exact) mass is 308 g/mol. The first-order valence-electron chi connectivity index (χ1n) is 6.40. The van der Waals surface area contributed by atoms with Crippen molar-refractivity contribution in [3.63, 3.8) is 0 Å². The van der Waals surface area contributed by atoms with Crippen molar-refractivity contribution in [1.82, 2.24) is 9.97 Å². The van der Waals surface area contributed by atoms with E-state index in [1.165, 1.54) is 0 Å². The first-order chi connectivity index (χ1) is 9.54. The molecule has 2 atom stereocenters. The molecule has 0 bridgehead atoms. The van der Waals surface area contributed by atoms with Crippen LogP contribution in [0.25, 0.3) is 11.3 Å². The van der Waals surface area contributed by atoms with E-state index < -0.39 is 0 Å². The largest absolute Gasteiger partial charge is 0.368 e. The number of benzene rings is 1. The Bertz CT molecular complexity index is 660. The third kappa shape index (κ3) is 2.67. The number of nitrogen functional groups attached to an aromatic ring is 1. The number of halogens is 2. The van der Waals surface area contributed by atoms with E-state index in [0.29, 0.717) is 27.7 Å². The molecule has 1 saturated carbocycles. The maximum atomic E-state index is 6.22. The maximum Gasteiger partial charge on any atom is 0.222 e. The first kappa shape index (κ1) is 13.5. The fourth-order valence-electron chi connectivity index (χ4n) is 2.09. The number of hydrogen-bond donors (Lipinski definition) is 2. The summed E-state index contributed by atoms with van der Waals surface area (Å²) in [5.41, 5.74) is 7.19. The zero-order chi connectivity index (χ0) is 14.3. The zero-order valence-electron chi connectivity index (χ0n) is 10.9. The molecule has 2 unspecified atom stereocenters. The second-order valence-electron chi connectivity index (χ2n) is 5.06. The van der Waals surface area contributed by atoms with E-state index in [0.717, 1.165) is 17.8 Å². The minimum absolute atomic E-state index is 0.217. The molecule has 0 radical (unpaired) electrons. The van der Waals surface area contributed by atoms with Gasteiger partial charge in [0.15, 0.2) is 0 Å². The SMILES string of the molecule is CC1CC1Nc1cc(-c2cccc(Cl)c2Cl)nc(N)n1. The molecule has 0 amide bonds. The third-order valence-electron chi connectivity index (χ3n) is 3.41. The number of rotatable bonds is 3. The molecular formula is C14H14Cl2N4. The highest BCUT2D eigenvalue weighted by Gasteiger charge is 2.32. The average molecular weight is 309 g/mol. The smallest absolute Gasteiger partial charge is 0.222 e. The fourth-order valence-corrected chi connectivity index (χ4v) is 2.49. The standard InChI is InChI=1S/C14H14Cl2N4/c1-7-5-10(7)18-12-6-11(19-14(17)20-12)8-3-2-4-9(15)13(8)16/h2-4,6-7,10H,5H2,1H3,(H3,17,18,19,20). The van der Waals surface area contributed by atoms with Crippen LogP contribution in [-0.2, 0) is 0 Å². The summed E-state index contributed by atoms with van der Waals surface area (Å²) in [7, 11) is 0. The highest BCUT2D eigenvalue weighted by molar-refractivity contribution is 6.43. The van der Waals surface area contributed by atoms with Gasteiger partial charge in [0, 0.05) is 17.7 Å². The van der Waals surface area contributed by atoms with Gasteiger partial charge in [0.05, 0.1) is 15.7 Å². The van der Waals surface area contributed by atoms with Crippen molar-refractivity contribution in [2.24, 2.45) is 5.92 Å². The van der Waals surface area contributed by atoms with E-state index in [-0.39, 0.29) is 5.95 Å². The second-order valence-corrected chi connectivity index (χ2v) is 5.85. The molecule has 6 heteroatoms. The summed E-state index contributed by atoms with van der Waals surface area (Å²) in [6.45, 7) is 2.19. The van der Waals surface area contributed by atoms with Crippen LogP contribution in [0.1, 0.15) is 13.3 Å². The van der Waals surface area contributed by atoms with Crippen molar-refractivity contribution in [3.8, 4) is 11.3 Å². The molecular weight excluding hydrogens is 295 g/mol. The van der Waals surface area contributed by atoms with Gasteiger partial charge in [-0.25, -0.2) is 4.98 Å². The highest BCUT2D eigenvalue weighted by atomic mass is 35.5. The van der Waals surface area contributed by atoms with Crippen molar-refractivity contribution in [1.29, 1.82) is 0 Å². The number of nitrogens with two attached hydrogens (primary N) is 1. The summed E-state index contributed by atoms with van der Waals surface area (Å²) in [5, 5.41) is 4.31. The van der Waals surface area contributed by atoms with Gasteiger partial charge in [-0.05, 0) is 18.4 Å². The van der Waals surface area contributed by atoms with E-state index in [1.807, 2.05) is 18.2 Å². The Labute approximate surface area is 127 Å². The van der Waals surface area contributed by atoms with Crippen LogP contribution in [0.15, 0.2) is 24.3 Å². The zero-order valence-corrected chi connectivity index (χ0v) is 12.4. The van der Waals surface area contributed by atoms with E-state index in [4.69, 9.17) is 28.9 Å². The van der Waals surface area contributed by atoms with Crippen LogP contribution >= 0.6 is 23.2 Å². The van der Waals surface area contributed by atoms with Crippen molar-refractivity contribution >= 4 is 35.0 Å². The van der Waals surface area contributed by atoms with Crippen LogP contribution < -0.4 is 11.1 Å². The van der Waals surface area contributed by atoms with E-state index >= 15 is 0 Å².